The number of ether oxygens (including phenoxy) is 1. The van der Waals surface area contributed by atoms with Gasteiger partial charge in [0.25, 0.3) is 0 Å². The minimum Gasteiger partial charge on any atom is -0.469 e. The second-order valence-electron chi connectivity index (χ2n) is 5.53. The van der Waals surface area contributed by atoms with E-state index in [1.54, 1.807) is 13.4 Å². The summed E-state index contributed by atoms with van der Waals surface area (Å²) in [6, 6.07) is 3.86. The summed E-state index contributed by atoms with van der Waals surface area (Å²) in [6.07, 6.45) is 5.49. The fourth-order valence-corrected chi connectivity index (χ4v) is 2.34. The second kappa shape index (κ2) is 13.0. The van der Waals surface area contributed by atoms with Crippen LogP contribution in [0.1, 0.15) is 31.9 Å². The van der Waals surface area contributed by atoms with Crippen LogP contribution in [0.4, 0.5) is 0 Å². The van der Waals surface area contributed by atoms with Crippen LogP contribution in [0.3, 0.4) is 0 Å². The Labute approximate surface area is 139 Å². The summed E-state index contributed by atoms with van der Waals surface area (Å²) < 4.78 is 10.4. The molecule has 0 aliphatic heterocycles. The van der Waals surface area contributed by atoms with E-state index < -0.39 is 0 Å². The van der Waals surface area contributed by atoms with Crippen LogP contribution in [0.2, 0.25) is 0 Å². The topological polar surface area (TPSA) is 79.0 Å². The zero-order valence-corrected chi connectivity index (χ0v) is 14.4. The molecule has 0 aliphatic carbocycles. The van der Waals surface area contributed by atoms with Crippen molar-refractivity contribution in [3.63, 3.8) is 0 Å². The van der Waals surface area contributed by atoms with E-state index >= 15 is 0 Å². The highest BCUT2D eigenvalue weighted by Gasteiger charge is 2.07. The van der Waals surface area contributed by atoms with Crippen molar-refractivity contribution in [2.24, 2.45) is 10.9 Å². The number of methoxy groups -OCH3 is 1. The number of nitrogens with zero attached hydrogens (tertiary/aromatic N) is 1. The number of aliphatic imine (C=N–C) groups is 1. The minimum absolute atomic E-state index is 0.221. The Balaban J connectivity index is 2.45. The monoisotopic (exact) mass is 325 g/mol. The van der Waals surface area contributed by atoms with Gasteiger partial charge >= 0.3 is 0 Å². The second-order valence-corrected chi connectivity index (χ2v) is 5.53. The van der Waals surface area contributed by atoms with E-state index in [9.17, 15) is 0 Å². The first-order valence-corrected chi connectivity index (χ1v) is 8.44. The molecule has 0 radical (unpaired) electrons. The Morgan fingerprint density at radius 3 is 2.83 bits per heavy atom. The molecular formula is C17H31N3O3. The van der Waals surface area contributed by atoms with Gasteiger partial charge in [-0.2, -0.15) is 0 Å². The Kier molecular flexibility index (Phi) is 11.0. The molecular weight excluding hydrogens is 294 g/mol. The highest BCUT2D eigenvalue weighted by Crippen LogP contribution is 2.10. The van der Waals surface area contributed by atoms with Crippen LogP contribution in [0.25, 0.3) is 0 Å². The Hall–Kier alpha value is -1.53. The van der Waals surface area contributed by atoms with Crippen molar-refractivity contribution in [3.05, 3.63) is 24.2 Å². The van der Waals surface area contributed by atoms with Crippen LogP contribution in [0.5, 0.6) is 0 Å². The predicted octanol–water partition coefficient (Wildman–Crippen LogP) is 1.80. The number of furan rings is 1. The fraction of sp³-hybridized carbons (Fsp3) is 0.706. The highest BCUT2D eigenvalue weighted by atomic mass is 16.5. The maximum absolute atomic E-state index is 9.14. The van der Waals surface area contributed by atoms with Gasteiger partial charge < -0.3 is 24.9 Å². The van der Waals surface area contributed by atoms with Gasteiger partial charge in [-0.15, -0.1) is 0 Å². The van der Waals surface area contributed by atoms with E-state index in [-0.39, 0.29) is 6.61 Å². The number of guanidine groups is 1. The van der Waals surface area contributed by atoms with Crippen LogP contribution in [-0.2, 0) is 11.2 Å². The third-order valence-electron chi connectivity index (χ3n) is 3.58. The summed E-state index contributed by atoms with van der Waals surface area (Å²) in [4.78, 5) is 4.65. The molecule has 6 heteroatoms. The van der Waals surface area contributed by atoms with Crippen molar-refractivity contribution in [1.29, 1.82) is 0 Å². The lowest BCUT2D eigenvalue weighted by molar-refractivity contribution is 0.203. The molecule has 0 spiro atoms. The number of rotatable bonds is 12. The average molecular weight is 325 g/mol. The third kappa shape index (κ3) is 9.25. The van der Waals surface area contributed by atoms with E-state index in [0.717, 1.165) is 50.5 Å². The predicted molar refractivity (Wildman–Crippen MR) is 92.7 cm³/mol. The van der Waals surface area contributed by atoms with Gasteiger partial charge in [0.05, 0.1) is 12.9 Å². The zero-order chi connectivity index (χ0) is 16.8. The fourth-order valence-electron chi connectivity index (χ4n) is 2.34. The van der Waals surface area contributed by atoms with Crippen molar-refractivity contribution in [2.75, 3.05) is 40.0 Å². The molecule has 0 bridgehead atoms. The minimum atomic E-state index is 0.221. The number of aliphatic hydroxyl groups excluding tert-OH is 1. The lowest BCUT2D eigenvalue weighted by Crippen LogP contribution is -2.40. The van der Waals surface area contributed by atoms with Gasteiger partial charge in [0.15, 0.2) is 5.96 Å². The first-order chi connectivity index (χ1) is 11.3. The number of hydrogen-bond donors (Lipinski definition) is 3. The number of aliphatic hydroxyl groups is 1. The first-order valence-electron chi connectivity index (χ1n) is 8.44. The molecule has 0 saturated carbocycles. The molecule has 1 heterocycles. The largest absolute Gasteiger partial charge is 0.469 e. The molecule has 1 aromatic rings. The molecule has 0 amide bonds. The van der Waals surface area contributed by atoms with Crippen molar-refractivity contribution in [3.8, 4) is 0 Å². The van der Waals surface area contributed by atoms with Crippen LogP contribution < -0.4 is 10.6 Å². The summed E-state index contributed by atoms with van der Waals surface area (Å²) in [6.45, 7) is 5.20. The summed E-state index contributed by atoms with van der Waals surface area (Å²) in [7, 11) is 1.68. The van der Waals surface area contributed by atoms with Gasteiger partial charge in [-0.3, -0.25) is 4.99 Å². The smallest absolute Gasteiger partial charge is 0.191 e. The zero-order valence-electron chi connectivity index (χ0n) is 14.4. The van der Waals surface area contributed by atoms with Crippen molar-refractivity contribution in [1.82, 2.24) is 10.6 Å². The van der Waals surface area contributed by atoms with Gasteiger partial charge in [0, 0.05) is 39.8 Å². The molecule has 0 fully saturated rings. The summed E-state index contributed by atoms with van der Waals surface area (Å²) in [5, 5.41) is 15.7. The lowest BCUT2D eigenvalue weighted by Gasteiger charge is -2.15. The summed E-state index contributed by atoms with van der Waals surface area (Å²) in [5.74, 6) is 2.17. The number of hydrogen-bond acceptors (Lipinski definition) is 4. The van der Waals surface area contributed by atoms with Gasteiger partial charge in [-0.1, -0.05) is 13.3 Å². The van der Waals surface area contributed by atoms with Gasteiger partial charge in [-0.25, -0.2) is 0 Å². The molecule has 1 atom stereocenters. The molecule has 6 nitrogen and oxygen atoms in total. The molecule has 0 aliphatic rings. The first kappa shape index (κ1) is 19.5. The SMILES string of the molecule is CCCC(CCO)CN=C(NCCOC)NCCc1ccco1. The molecule has 0 aromatic carbocycles. The number of nitrogens with one attached hydrogen (secondary N) is 2. The van der Waals surface area contributed by atoms with E-state index in [0.29, 0.717) is 19.1 Å². The van der Waals surface area contributed by atoms with E-state index in [4.69, 9.17) is 14.3 Å². The van der Waals surface area contributed by atoms with Crippen LogP contribution in [-0.4, -0.2) is 51.0 Å². The Bertz CT molecular complexity index is 401. The molecule has 0 saturated heterocycles. The van der Waals surface area contributed by atoms with Crippen molar-refractivity contribution >= 4 is 5.96 Å². The standard InChI is InChI=1S/C17H31N3O3/c1-3-5-15(8-11-21)14-20-17(19-10-13-22-2)18-9-7-16-6-4-12-23-16/h4,6,12,15,21H,3,5,7-11,13-14H2,1-2H3,(H2,18,19,20). The molecule has 1 unspecified atom stereocenters. The van der Waals surface area contributed by atoms with Gasteiger partial charge in [0.1, 0.15) is 5.76 Å². The van der Waals surface area contributed by atoms with Gasteiger partial charge in [0.2, 0.25) is 0 Å². The maximum Gasteiger partial charge on any atom is 0.191 e. The maximum atomic E-state index is 9.14. The third-order valence-corrected chi connectivity index (χ3v) is 3.58. The molecule has 132 valence electrons. The van der Waals surface area contributed by atoms with Crippen molar-refractivity contribution < 1.29 is 14.3 Å². The Morgan fingerprint density at radius 1 is 1.35 bits per heavy atom. The molecule has 1 aromatic heterocycles. The van der Waals surface area contributed by atoms with Crippen LogP contribution in [0, 0.1) is 5.92 Å². The Morgan fingerprint density at radius 2 is 2.17 bits per heavy atom. The van der Waals surface area contributed by atoms with Crippen molar-refractivity contribution in [2.45, 2.75) is 32.6 Å². The quantitative estimate of drug-likeness (QED) is 0.310. The van der Waals surface area contributed by atoms with E-state index in [2.05, 4.69) is 22.5 Å². The summed E-state index contributed by atoms with van der Waals surface area (Å²) in [5.41, 5.74) is 0. The van der Waals surface area contributed by atoms with E-state index in [1.165, 1.54) is 0 Å². The molecule has 23 heavy (non-hydrogen) atoms. The normalized spacial score (nSPS) is 13.1. The van der Waals surface area contributed by atoms with E-state index in [1.807, 2.05) is 12.1 Å². The lowest BCUT2D eigenvalue weighted by atomic mass is 10.0. The molecule has 3 N–H and O–H groups in total. The van der Waals surface area contributed by atoms with Gasteiger partial charge in [-0.05, 0) is 30.9 Å². The van der Waals surface area contributed by atoms with Crippen LogP contribution in [0.15, 0.2) is 27.8 Å². The average Bonchev–Trinajstić information content (AvgIpc) is 3.06. The highest BCUT2D eigenvalue weighted by molar-refractivity contribution is 5.79. The molecule has 1 rings (SSSR count). The summed E-state index contributed by atoms with van der Waals surface area (Å²) >= 11 is 0. The van der Waals surface area contributed by atoms with Crippen LogP contribution >= 0.6 is 0 Å².